The first kappa shape index (κ1) is 10.4. The normalized spacial score (nSPS) is 17.8. The van der Waals surface area contributed by atoms with E-state index in [-0.39, 0.29) is 6.10 Å². The summed E-state index contributed by atoms with van der Waals surface area (Å²) in [6, 6.07) is 18.3. The average Bonchev–Trinajstić information content (AvgIpc) is 3.22. The van der Waals surface area contributed by atoms with Gasteiger partial charge in [-0.05, 0) is 23.3 Å². The van der Waals surface area contributed by atoms with Crippen LogP contribution in [-0.2, 0) is 11.3 Å². The number of benzene rings is 2. The zero-order chi connectivity index (χ0) is 11.5. The van der Waals surface area contributed by atoms with Crippen LogP contribution in [0.25, 0.3) is 0 Å². The van der Waals surface area contributed by atoms with Crippen molar-refractivity contribution in [2.75, 3.05) is 6.61 Å². The van der Waals surface area contributed by atoms with E-state index in [4.69, 9.17) is 9.47 Å². The van der Waals surface area contributed by atoms with Crippen LogP contribution in [0, 0.1) is 0 Å². The van der Waals surface area contributed by atoms with Gasteiger partial charge >= 0.3 is 0 Å². The van der Waals surface area contributed by atoms with Gasteiger partial charge in [-0.3, -0.25) is 0 Å². The van der Waals surface area contributed by atoms with Crippen LogP contribution in [0.4, 0.5) is 0 Å². The van der Waals surface area contributed by atoms with Gasteiger partial charge in [0.25, 0.3) is 0 Å². The number of rotatable bonds is 4. The molecular formula is C15H14O2. The molecule has 1 heterocycles. The van der Waals surface area contributed by atoms with E-state index in [0.717, 1.165) is 12.4 Å². The molecule has 1 aliphatic rings. The quantitative estimate of drug-likeness (QED) is 0.746. The van der Waals surface area contributed by atoms with Crippen molar-refractivity contribution in [2.24, 2.45) is 0 Å². The molecule has 2 aromatic carbocycles. The molecule has 0 radical (unpaired) electrons. The van der Waals surface area contributed by atoms with Crippen molar-refractivity contribution in [3.8, 4) is 5.75 Å². The molecule has 1 fully saturated rings. The molecule has 0 aliphatic carbocycles. The second kappa shape index (κ2) is 4.60. The fraction of sp³-hybridized carbons (Fsp3) is 0.200. The van der Waals surface area contributed by atoms with E-state index in [1.54, 1.807) is 0 Å². The average molecular weight is 226 g/mol. The minimum Gasteiger partial charge on any atom is -0.489 e. The molecule has 17 heavy (non-hydrogen) atoms. The summed E-state index contributed by atoms with van der Waals surface area (Å²) >= 11 is 0. The second-order valence-electron chi connectivity index (χ2n) is 4.17. The maximum atomic E-state index is 5.76. The van der Waals surface area contributed by atoms with Crippen molar-refractivity contribution >= 4 is 0 Å². The van der Waals surface area contributed by atoms with Gasteiger partial charge in [-0.25, -0.2) is 0 Å². The summed E-state index contributed by atoms with van der Waals surface area (Å²) in [5.74, 6) is 0.904. The molecule has 2 nitrogen and oxygen atoms in total. The number of hydrogen-bond donors (Lipinski definition) is 0. The molecule has 1 atom stereocenters. The van der Waals surface area contributed by atoms with Gasteiger partial charge in [0.2, 0.25) is 0 Å². The van der Waals surface area contributed by atoms with Crippen molar-refractivity contribution in [3.05, 3.63) is 65.7 Å². The van der Waals surface area contributed by atoms with E-state index in [1.165, 1.54) is 11.1 Å². The topological polar surface area (TPSA) is 21.8 Å². The van der Waals surface area contributed by atoms with Gasteiger partial charge in [0.1, 0.15) is 18.5 Å². The lowest BCUT2D eigenvalue weighted by molar-refractivity contribution is 0.305. The molecule has 0 saturated carbocycles. The summed E-state index contributed by atoms with van der Waals surface area (Å²) in [6.07, 6.45) is 0.287. The molecular weight excluding hydrogens is 212 g/mol. The predicted octanol–water partition coefficient (Wildman–Crippen LogP) is 3.34. The highest BCUT2D eigenvalue weighted by Crippen LogP contribution is 2.31. The highest BCUT2D eigenvalue weighted by molar-refractivity contribution is 5.31. The van der Waals surface area contributed by atoms with Crippen LogP contribution in [0.15, 0.2) is 54.6 Å². The Morgan fingerprint density at radius 2 is 1.88 bits per heavy atom. The number of epoxide rings is 1. The largest absolute Gasteiger partial charge is 0.489 e. The predicted molar refractivity (Wildman–Crippen MR) is 65.9 cm³/mol. The third-order valence-electron chi connectivity index (χ3n) is 2.81. The molecule has 2 aromatic rings. The Morgan fingerprint density at radius 1 is 1.06 bits per heavy atom. The van der Waals surface area contributed by atoms with E-state index in [9.17, 15) is 0 Å². The Morgan fingerprint density at radius 3 is 2.65 bits per heavy atom. The molecule has 1 aliphatic heterocycles. The standard InChI is InChI=1S/C15H14O2/c1-2-5-12(6-3-1)10-16-14-8-4-7-13(9-14)15-11-17-15/h1-9,15H,10-11H2/t15-/m0/s1. The summed E-state index contributed by atoms with van der Waals surface area (Å²) in [4.78, 5) is 0. The number of ether oxygens (including phenoxy) is 2. The molecule has 0 aromatic heterocycles. The van der Waals surface area contributed by atoms with Crippen molar-refractivity contribution in [1.29, 1.82) is 0 Å². The van der Waals surface area contributed by atoms with Gasteiger partial charge in [-0.1, -0.05) is 42.5 Å². The maximum absolute atomic E-state index is 5.76. The maximum Gasteiger partial charge on any atom is 0.120 e. The Hall–Kier alpha value is -1.80. The van der Waals surface area contributed by atoms with Crippen LogP contribution < -0.4 is 4.74 Å². The minimum absolute atomic E-state index is 0.287. The minimum atomic E-state index is 0.287. The van der Waals surface area contributed by atoms with Gasteiger partial charge in [0.05, 0.1) is 6.61 Å². The van der Waals surface area contributed by atoms with Crippen LogP contribution in [0.3, 0.4) is 0 Å². The van der Waals surface area contributed by atoms with Crippen LogP contribution >= 0.6 is 0 Å². The molecule has 0 bridgehead atoms. The summed E-state index contributed by atoms with van der Waals surface area (Å²) in [5, 5.41) is 0. The van der Waals surface area contributed by atoms with E-state index < -0.39 is 0 Å². The lowest BCUT2D eigenvalue weighted by Crippen LogP contribution is -1.95. The third kappa shape index (κ3) is 2.66. The second-order valence-corrected chi connectivity index (χ2v) is 4.17. The molecule has 3 rings (SSSR count). The Balaban J connectivity index is 1.66. The third-order valence-corrected chi connectivity index (χ3v) is 2.81. The Bertz CT molecular complexity index is 489. The van der Waals surface area contributed by atoms with Gasteiger partial charge in [-0.15, -0.1) is 0 Å². The molecule has 86 valence electrons. The zero-order valence-electron chi connectivity index (χ0n) is 9.50. The first-order valence-electron chi connectivity index (χ1n) is 5.80. The fourth-order valence-corrected chi connectivity index (χ4v) is 1.79. The monoisotopic (exact) mass is 226 g/mol. The molecule has 0 unspecified atom stereocenters. The first-order valence-corrected chi connectivity index (χ1v) is 5.80. The molecule has 0 spiro atoms. The zero-order valence-corrected chi connectivity index (χ0v) is 9.50. The van der Waals surface area contributed by atoms with Crippen LogP contribution in [-0.4, -0.2) is 6.61 Å². The van der Waals surface area contributed by atoms with Crippen LogP contribution in [0.5, 0.6) is 5.75 Å². The SMILES string of the molecule is c1ccc(COc2cccc([C@@H]3CO3)c2)cc1. The highest BCUT2D eigenvalue weighted by atomic mass is 16.6. The smallest absolute Gasteiger partial charge is 0.120 e. The summed E-state index contributed by atoms with van der Waals surface area (Å²) < 4.78 is 11.0. The fourth-order valence-electron chi connectivity index (χ4n) is 1.79. The summed E-state index contributed by atoms with van der Waals surface area (Å²) in [6.45, 7) is 1.44. The first-order chi connectivity index (χ1) is 8.42. The van der Waals surface area contributed by atoms with E-state index in [1.807, 2.05) is 30.3 Å². The highest BCUT2D eigenvalue weighted by Gasteiger charge is 2.24. The van der Waals surface area contributed by atoms with Gasteiger partial charge < -0.3 is 9.47 Å². The van der Waals surface area contributed by atoms with E-state index in [2.05, 4.69) is 24.3 Å². The molecule has 2 heteroatoms. The van der Waals surface area contributed by atoms with E-state index in [0.29, 0.717) is 6.61 Å². The van der Waals surface area contributed by atoms with Crippen molar-refractivity contribution in [3.63, 3.8) is 0 Å². The van der Waals surface area contributed by atoms with Crippen molar-refractivity contribution in [2.45, 2.75) is 12.7 Å². The number of hydrogen-bond acceptors (Lipinski definition) is 2. The summed E-state index contributed by atoms with van der Waals surface area (Å²) in [7, 11) is 0. The summed E-state index contributed by atoms with van der Waals surface area (Å²) in [5.41, 5.74) is 2.39. The van der Waals surface area contributed by atoms with Crippen molar-refractivity contribution in [1.82, 2.24) is 0 Å². The van der Waals surface area contributed by atoms with Crippen LogP contribution in [0.2, 0.25) is 0 Å². The Kier molecular flexibility index (Phi) is 2.80. The lowest BCUT2D eigenvalue weighted by atomic mass is 10.1. The van der Waals surface area contributed by atoms with Gasteiger partial charge in [0, 0.05) is 0 Å². The van der Waals surface area contributed by atoms with Gasteiger partial charge in [0.15, 0.2) is 0 Å². The molecule has 1 saturated heterocycles. The van der Waals surface area contributed by atoms with Gasteiger partial charge in [-0.2, -0.15) is 0 Å². The molecule has 0 N–H and O–H groups in total. The van der Waals surface area contributed by atoms with Crippen LogP contribution in [0.1, 0.15) is 17.2 Å². The van der Waals surface area contributed by atoms with Crippen molar-refractivity contribution < 1.29 is 9.47 Å². The molecule has 0 amide bonds. The lowest BCUT2D eigenvalue weighted by Gasteiger charge is -2.07. The van der Waals surface area contributed by atoms with E-state index >= 15 is 0 Å². The Labute approximate surface area is 101 Å².